The molecule has 1 aliphatic heterocycles. The van der Waals surface area contributed by atoms with Gasteiger partial charge in [-0.05, 0) is 74.6 Å². The van der Waals surface area contributed by atoms with Crippen molar-refractivity contribution < 1.29 is 4.79 Å². The van der Waals surface area contributed by atoms with Crippen molar-refractivity contribution in [3.8, 4) is 0 Å². The Morgan fingerprint density at radius 2 is 2.15 bits per heavy atom. The zero-order valence-electron chi connectivity index (χ0n) is 16.7. The molecule has 2 heterocycles. The number of hydrogen-bond donors (Lipinski definition) is 3. The molecule has 152 valence electrons. The normalized spacial score (nSPS) is 17.6. The van der Waals surface area contributed by atoms with Gasteiger partial charge < -0.3 is 21.3 Å². The third-order valence-corrected chi connectivity index (χ3v) is 5.86. The number of unbranched alkanes of at least 4 members (excludes halogenated alkanes) is 1. The number of thiophene rings is 1. The van der Waals surface area contributed by atoms with E-state index in [1.54, 1.807) is 11.3 Å². The molecule has 0 spiro atoms. The number of nitrogens with zero attached hydrogens (tertiary/aromatic N) is 2. The van der Waals surface area contributed by atoms with E-state index in [0.717, 1.165) is 70.9 Å². The molecule has 1 fully saturated rings. The molecule has 1 saturated heterocycles. The van der Waals surface area contributed by atoms with E-state index in [1.807, 2.05) is 0 Å². The topological polar surface area (TPSA) is 82.8 Å². The van der Waals surface area contributed by atoms with Crippen LogP contribution >= 0.6 is 11.3 Å². The van der Waals surface area contributed by atoms with Crippen LogP contribution in [0.2, 0.25) is 0 Å². The summed E-state index contributed by atoms with van der Waals surface area (Å²) in [5.41, 5.74) is 6.75. The molecule has 1 unspecified atom stereocenters. The standard InChI is InChI=1S/C20H35N5OS/c1-3-22-20(24-14-16(2)18-8-13-27-15-18)23-9-4-5-10-25-11-6-17(7-12-25)19(21)26/h8,13,15-17H,3-7,9-12,14H2,1-2H3,(H2,21,26)(H2,22,23,24). The molecule has 0 bridgehead atoms. The van der Waals surface area contributed by atoms with E-state index < -0.39 is 0 Å². The van der Waals surface area contributed by atoms with E-state index in [1.165, 1.54) is 5.56 Å². The fourth-order valence-electron chi connectivity index (χ4n) is 3.34. The number of carbonyl (C=O) groups is 1. The molecule has 2 rings (SSSR count). The van der Waals surface area contributed by atoms with Crippen LogP contribution in [0.1, 0.15) is 51.0 Å². The van der Waals surface area contributed by atoms with Crippen molar-refractivity contribution in [2.75, 3.05) is 39.3 Å². The molecule has 1 atom stereocenters. The number of primary amides is 1. The number of nitrogens with two attached hydrogens (primary N) is 1. The van der Waals surface area contributed by atoms with Crippen molar-refractivity contribution in [1.29, 1.82) is 0 Å². The Labute approximate surface area is 167 Å². The van der Waals surface area contributed by atoms with Crippen molar-refractivity contribution in [3.63, 3.8) is 0 Å². The van der Waals surface area contributed by atoms with Gasteiger partial charge in [-0.15, -0.1) is 0 Å². The Morgan fingerprint density at radius 1 is 1.37 bits per heavy atom. The van der Waals surface area contributed by atoms with E-state index in [0.29, 0.717) is 5.92 Å². The van der Waals surface area contributed by atoms with Crippen molar-refractivity contribution in [1.82, 2.24) is 15.5 Å². The molecule has 1 amide bonds. The van der Waals surface area contributed by atoms with E-state index in [-0.39, 0.29) is 11.8 Å². The van der Waals surface area contributed by atoms with Crippen LogP contribution in [-0.2, 0) is 4.79 Å². The fraction of sp³-hybridized carbons (Fsp3) is 0.700. The highest BCUT2D eigenvalue weighted by atomic mass is 32.1. The summed E-state index contributed by atoms with van der Waals surface area (Å²) in [4.78, 5) is 18.4. The van der Waals surface area contributed by atoms with Gasteiger partial charge in [-0.25, -0.2) is 0 Å². The number of likely N-dealkylation sites (tertiary alicyclic amines) is 1. The zero-order valence-corrected chi connectivity index (χ0v) is 17.6. The highest BCUT2D eigenvalue weighted by Crippen LogP contribution is 2.18. The van der Waals surface area contributed by atoms with Gasteiger partial charge in [0, 0.05) is 31.5 Å². The number of nitrogens with one attached hydrogen (secondary N) is 2. The summed E-state index contributed by atoms with van der Waals surface area (Å²) in [6.07, 6.45) is 4.08. The van der Waals surface area contributed by atoms with Crippen LogP contribution < -0.4 is 16.4 Å². The second-order valence-corrected chi connectivity index (χ2v) is 8.11. The van der Waals surface area contributed by atoms with Crippen LogP contribution in [0.25, 0.3) is 0 Å². The van der Waals surface area contributed by atoms with Crippen molar-refractivity contribution in [3.05, 3.63) is 22.4 Å². The second-order valence-electron chi connectivity index (χ2n) is 7.33. The van der Waals surface area contributed by atoms with Crippen LogP contribution in [0.4, 0.5) is 0 Å². The van der Waals surface area contributed by atoms with E-state index in [2.05, 4.69) is 46.2 Å². The molecule has 1 aromatic rings. The number of hydrogen-bond acceptors (Lipinski definition) is 4. The van der Waals surface area contributed by atoms with Gasteiger partial charge in [-0.2, -0.15) is 11.3 Å². The third kappa shape index (κ3) is 7.89. The van der Waals surface area contributed by atoms with Gasteiger partial charge in [0.25, 0.3) is 0 Å². The summed E-state index contributed by atoms with van der Waals surface area (Å²) >= 11 is 1.74. The summed E-state index contributed by atoms with van der Waals surface area (Å²) in [6.45, 7) is 9.98. The first-order valence-electron chi connectivity index (χ1n) is 10.2. The summed E-state index contributed by atoms with van der Waals surface area (Å²) in [6, 6.07) is 2.18. The maximum atomic E-state index is 11.2. The molecular formula is C20H35N5OS. The summed E-state index contributed by atoms with van der Waals surface area (Å²) in [7, 11) is 0. The van der Waals surface area contributed by atoms with Gasteiger partial charge >= 0.3 is 0 Å². The Bertz CT molecular complexity index is 567. The van der Waals surface area contributed by atoms with Gasteiger partial charge in [0.1, 0.15) is 0 Å². The molecule has 1 aromatic heterocycles. The first-order valence-corrected chi connectivity index (χ1v) is 11.1. The molecule has 0 aliphatic carbocycles. The maximum absolute atomic E-state index is 11.2. The summed E-state index contributed by atoms with van der Waals surface area (Å²) in [5, 5.41) is 11.1. The van der Waals surface area contributed by atoms with E-state index in [4.69, 9.17) is 10.7 Å². The lowest BCUT2D eigenvalue weighted by Crippen LogP contribution is -2.39. The first-order chi connectivity index (χ1) is 13.1. The lowest BCUT2D eigenvalue weighted by Gasteiger charge is -2.30. The van der Waals surface area contributed by atoms with Gasteiger partial charge in [0.2, 0.25) is 5.91 Å². The molecule has 4 N–H and O–H groups in total. The zero-order chi connectivity index (χ0) is 19.5. The van der Waals surface area contributed by atoms with Gasteiger partial charge in [0.15, 0.2) is 5.96 Å². The second kappa shape index (κ2) is 12.0. The molecule has 0 aromatic carbocycles. The Hall–Kier alpha value is -1.60. The smallest absolute Gasteiger partial charge is 0.220 e. The minimum absolute atomic E-state index is 0.0817. The predicted octanol–water partition coefficient (Wildman–Crippen LogP) is 2.38. The third-order valence-electron chi connectivity index (χ3n) is 5.16. The lowest BCUT2D eigenvalue weighted by molar-refractivity contribution is -0.123. The van der Waals surface area contributed by atoms with Gasteiger partial charge in [-0.3, -0.25) is 9.79 Å². The van der Waals surface area contributed by atoms with Crippen LogP contribution in [0, 0.1) is 5.92 Å². The maximum Gasteiger partial charge on any atom is 0.220 e. The number of rotatable bonds is 10. The van der Waals surface area contributed by atoms with E-state index in [9.17, 15) is 4.79 Å². The van der Waals surface area contributed by atoms with Gasteiger partial charge in [0.05, 0.1) is 0 Å². The van der Waals surface area contributed by atoms with Crippen LogP contribution in [0.5, 0.6) is 0 Å². The molecule has 7 heteroatoms. The predicted molar refractivity (Wildman–Crippen MR) is 114 cm³/mol. The molecule has 0 radical (unpaired) electrons. The fourth-order valence-corrected chi connectivity index (χ4v) is 4.12. The molecule has 1 aliphatic rings. The molecule has 6 nitrogen and oxygen atoms in total. The van der Waals surface area contributed by atoms with Crippen LogP contribution in [-0.4, -0.2) is 56.0 Å². The monoisotopic (exact) mass is 393 g/mol. The average Bonchev–Trinajstić information content (AvgIpc) is 3.20. The van der Waals surface area contributed by atoms with Crippen LogP contribution in [0.15, 0.2) is 21.8 Å². The molecule has 27 heavy (non-hydrogen) atoms. The van der Waals surface area contributed by atoms with E-state index >= 15 is 0 Å². The average molecular weight is 394 g/mol. The summed E-state index contributed by atoms with van der Waals surface area (Å²) < 4.78 is 0. The Balaban J connectivity index is 1.61. The van der Waals surface area contributed by atoms with Crippen molar-refractivity contribution in [2.24, 2.45) is 16.6 Å². The van der Waals surface area contributed by atoms with Crippen LogP contribution in [0.3, 0.4) is 0 Å². The lowest BCUT2D eigenvalue weighted by atomic mass is 9.96. The molecule has 0 saturated carbocycles. The number of piperidine rings is 1. The summed E-state index contributed by atoms with van der Waals surface area (Å²) in [5.74, 6) is 1.29. The minimum atomic E-state index is -0.137. The first kappa shape index (κ1) is 21.7. The van der Waals surface area contributed by atoms with Crippen molar-refractivity contribution in [2.45, 2.75) is 45.4 Å². The number of amides is 1. The number of guanidine groups is 1. The Morgan fingerprint density at radius 3 is 2.78 bits per heavy atom. The molecular weight excluding hydrogens is 358 g/mol. The quantitative estimate of drug-likeness (QED) is 0.324. The largest absolute Gasteiger partial charge is 0.369 e. The Kier molecular flexibility index (Phi) is 9.62. The van der Waals surface area contributed by atoms with Gasteiger partial charge in [-0.1, -0.05) is 6.92 Å². The SMILES string of the molecule is CCNC(=NCC(C)c1ccsc1)NCCCCN1CCC(C(N)=O)CC1. The highest BCUT2D eigenvalue weighted by Gasteiger charge is 2.22. The highest BCUT2D eigenvalue weighted by molar-refractivity contribution is 7.07. The number of aliphatic imine (C=N–C) groups is 1. The number of carbonyl (C=O) groups excluding carboxylic acids is 1. The minimum Gasteiger partial charge on any atom is -0.369 e. The van der Waals surface area contributed by atoms with Crippen molar-refractivity contribution >= 4 is 23.2 Å².